The monoisotopic (exact) mass is 257 g/mol. The maximum Gasteiger partial charge on any atom is 0.237 e. The van der Waals surface area contributed by atoms with E-state index < -0.39 is 0 Å². The SMILES string of the molecule is COc1nccnc1C(N)C1COc2ccccc21. The molecule has 0 saturated carbocycles. The fraction of sp³-hybridized carbons (Fsp3) is 0.286. The Morgan fingerprint density at radius 2 is 2.11 bits per heavy atom. The Morgan fingerprint density at radius 1 is 1.32 bits per heavy atom. The number of fused-ring (bicyclic) bond motifs is 1. The summed E-state index contributed by atoms with van der Waals surface area (Å²) in [6, 6.07) is 7.63. The second kappa shape index (κ2) is 4.85. The third-order valence-corrected chi connectivity index (χ3v) is 3.37. The lowest BCUT2D eigenvalue weighted by Gasteiger charge is -2.18. The van der Waals surface area contributed by atoms with Crippen molar-refractivity contribution in [1.29, 1.82) is 0 Å². The van der Waals surface area contributed by atoms with E-state index in [1.54, 1.807) is 19.5 Å². The molecule has 1 aliphatic rings. The van der Waals surface area contributed by atoms with Crippen LogP contribution in [0.25, 0.3) is 0 Å². The number of hydrogen-bond donors (Lipinski definition) is 1. The minimum absolute atomic E-state index is 0.0711. The van der Waals surface area contributed by atoms with Gasteiger partial charge in [-0.25, -0.2) is 4.98 Å². The molecule has 0 amide bonds. The Kier molecular flexibility index (Phi) is 3.05. The molecule has 3 rings (SSSR count). The number of benzene rings is 1. The van der Waals surface area contributed by atoms with Crippen molar-refractivity contribution < 1.29 is 9.47 Å². The number of aromatic nitrogens is 2. The summed E-state index contributed by atoms with van der Waals surface area (Å²) in [6.45, 7) is 0.556. The highest BCUT2D eigenvalue weighted by molar-refractivity contribution is 5.42. The van der Waals surface area contributed by atoms with Crippen molar-refractivity contribution in [3.8, 4) is 11.6 Å². The normalized spacial score (nSPS) is 18.5. The highest BCUT2D eigenvalue weighted by Crippen LogP contribution is 2.40. The summed E-state index contributed by atoms with van der Waals surface area (Å²) in [5.41, 5.74) is 8.10. The molecule has 0 saturated heterocycles. The minimum Gasteiger partial charge on any atom is -0.493 e. The number of nitrogens with two attached hydrogens (primary N) is 1. The van der Waals surface area contributed by atoms with Crippen LogP contribution in [0.1, 0.15) is 23.2 Å². The predicted octanol–water partition coefficient (Wildman–Crippen LogP) is 1.66. The molecule has 2 unspecified atom stereocenters. The topological polar surface area (TPSA) is 70.3 Å². The van der Waals surface area contributed by atoms with Gasteiger partial charge in [0, 0.05) is 23.9 Å². The number of methoxy groups -OCH3 is 1. The molecule has 2 heterocycles. The first-order valence-corrected chi connectivity index (χ1v) is 6.13. The zero-order valence-corrected chi connectivity index (χ0v) is 10.6. The number of ether oxygens (including phenoxy) is 2. The highest BCUT2D eigenvalue weighted by atomic mass is 16.5. The van der Waals surface area contributed by atoms with Gasteiger partial charge in [-0.05, 0) is 6.07 Å². The quantitative estimate of drug-likeness (QED) is 0.905. The molecular weight excluding hydrogens is 242 g/mol. The highest BCUT2D eigenvalue weighted by Gasteiger charge is 2.32. The van der Waals surface area contributed by atoms with Crippen LogP contribution in [0.5, 0.6) is 11.6 Å². The molecule has 2 aromatic rings. The number of rotatable bonds is 3. The van der Waals surface area contributed by atoms with Crippen LogP contribution in [0.4, 0.5) is 0 Å². The number of para-hydroxylation sites is 1. The van der Waals surface area contributed by atoms with Crippen LogP contribution in [0, 0.1) is 0 Å². The molecular formula is C14H15N3O2. The molecule has 0 aliphatic carbocycles. The summed E-state index contributed by atoms with van der Waals surface area (Å²) < 4.78 is 10.9. The summed E-state index contributed by atoms with van der Waals surface area (Å²) in [5.74, 6) is 1.44. The van der Waals surface area contributed by atoms with Crippen molar-refractivity contribution in [2.45, 2.75) is 12.0 Å². The first-order valence-electron chi connectivity index (χ1n) is 6.13. The Balaban J connectivity index is 1.95. The maximum absolute atomic E-state index is 6.33. The molecule has 98 valence electrons. The van der Waals surface area contributed by atoms with E-state index in [4.69, 9.17) is 15.2 Å². The Hall–Kier alpha value is -2.14. The molecule has 1 aromatic carbocycles. The molecule has 5 nitrogen and oxygen atoms in total. The smallest absolute Gasteiger partial charge is 0.237 e. The Morgan fingerprint density at radius 3 is 2.95 bits per heavy atom. The summed E-state index contributed by atoms with van der Waals surface area (Å²) in [4.78, 5) is 8.44. The van der Waals surface area contributed by atoms with Crippen LogP contribution < -0.4 is 15.2 Å². The van der Waals surface area contributed by atoms with Crippen LogP contribution in [-0.2, 0) is 0 Å². The summed E-state index contributed by atoms with van der Waals surface area (Å²) in [5, 5.41) is 0. The zero-order chi connectivity index (χ0) is 13.2. The molecule has 0 radical (unpaired) electrons. The van der Waals surface area contributed by atoms with Gasteiger partial charge in [0.2, 0.25) is 5.88 Å². The maximum atomic E-state index is 6.33. The van der Waals surface area contributed by atoms with Crippen LogP contribution in [-0.4, -0.2) is 23.7 Å². The van der Waals surface area contributed by atoms with Crippen molar-refractivity contribution in [2.24, 2.45) is 5.73 Å². The van der Waals surface area contributed by atoms with Gasteiger partial charge in [0.05, 0.1) is 19.8 Å². The van der Waals surface area contributed by atoms with Gasteiger partial charge >= 0.3 is 0 Å². The van der Waals surface area contributed by atoms with E-state index in [0.717, 1.165) is 11.3 Å². The van der Waals surface area contributed by atoms with Gasteiger partial charge in [-0.15, -0.1) is 0 Å². The third-order valence-electron chi connectivity index (χ3n) is 3.37. The standard InChI is InChI=1S/C14H15N3O2/c1-18-14-13(16-6-7-17-14)12(15)10-8-19-11-5-3-2-4-9(10)11/h2-7,10,12H,8,15H2,1H3. The molecule has 1 aliphatic heterocycles. The summed E-state index contributed by atoms with van der Waals surface area (Å²) >= 11 is 0. The molecule has 2 atom stereocenters. The van der Waals surface area contributed by atoms with Crippen molar-refractivity contribution in [3.05, 3.63) is 47.9 Å². The molecule has 2 N–H and O–H groups in total. The minimum atomic E-state index is -0.299. The fourth-order valence-electron chi connectivity index (χ4n) is 2.40. The predicted molar refractivity (Wildman–Crippen MR) is 70.2 cm³/mol. The lowest BCUT2D eigenvalue weighted by atomic mass is 9.92. The van der Waals surface area contributed by atoms with Gasteiger partial charge < -0.3 is 15.2 Å². The summed E-state index contributed by atoms with van der Waals surface area (Å²) in [7, 11) is 1.57. The zero-order valence-electron chi connectivity index (χ0n) is 10.6. The first kappa shape index (κ1) is 11.9. The number of hydrogen-bond acceptors (Lipinski definition) is 5. The van der Waals surface area contributed by atoms with E-state index in [2.05, 4.69) is 9.97 Å². The molecule has 0 spiro atoms. The van der Waals surface area contributed by atoms with Gasteiger partial charge in [0.15, 0.2) is 0 Å². The second-order valence-electron chi connectivity index (χ2n) is 4.43. The molecule has 0 bridgehead atoms. The van der Waals surface area contributed by atoms with Crippen LogP contribution >= 0.6 is 0 Å². The Bertz CT molecular complexity index is 588. The fourth-order valence-corrected chi connectivity index (χ4v) is 2.40. The Labute approximate surface area is 111 Å². The van der Waals surface area contributed by atoms with Crippen LogP contribution in [0.3, 0.4) is 0 Å². The van der Waals surface area contributed by atoms with Gasteiger partial charge in [0.25, 0.3) is 0 Å². The van der Waals surface area contributed by atoms with E-state index in [0.29, 0.717) is 18.2 Å². The average molecular weight is 257 g/mol. The van der Waals surface area contributed by atoms with Crippen molar-refractivity contribution in [2.75, 3.05) is 13.7 Å². The molecule has 1 aromatic heterocycles. The van der Waals surface area contributed by atoms with E-state index in [-0.39, 0.29) is 12.0 Å². The average Bonchev–Trinajstić information content (AvgIpc) is 2.90. The second-order valence-corrected chi connectivity index (χ2v) is 4.43. The van der Waals surface area contributed by atoms with Gasteiger partial charge in [-0.2, -0.15) is 0 Å². The summed E-state index contributed by atoms with van der Waals surface area (Å²) in [6.07, 6.45) is 3.22. The van der Waals surface area contributed by atoms with Gasteiger partial charge in [-0.1, -0.05) is 18.2 Å². The van der Waals surface area contributed by atoms with Crippen molar-refractivity contribution >= 4 is 0 Å². The van der Waals surface area contributed by atoms with Crippen molar-refractivity contribution in [3.63, 3.8) is 0 Å². The van der Waals surface area contributed by atoms with Crippen LogP contribution in [0.2, 0.25) is 0 Å². The van der Waals surface area contributed by atoms with Crippen LogP contribution in [0.15, 0.2) is 36.7 Å². The third kappa shape index (κ3) is 2.02. The van der Waals surface area contributed by atoms with Gasteiger partial charge in [0.1, 0.15) is 11.4 Å². The van der Waals surface area contributed by atoms with E-state index in [9.17, 15) is 0 Å². The largest absolute Gasteiger partial charge is 0.493 e. The first-order chi connectivity index (χ1) is 9.31. The molecule has 19 heavy (non-hydrogen) atoms. The van der Waals surface area contributed by atoms with Crippen molar-refractivity contribution in [1.82, 2.24) is 9.97 Å². The lowest BCUT2D eigenvalue weighted by molar-refractivity contribution is 0.309. The molecule has 5 heteroatoms. The lowest BCUT2D eigenvalue weighted by Crippen LogP contribution is -2.23. The number of nitrogens with zero attached hydrogens (tertiary/aromatic N) is 2. The van der Waals surface area contributed by atoms with E-state index >= 15 is 0 Å². The van der Waals surface area contributed by atoms with Gasteiger partial charge in [-0.3, -0.25) is 4.98 Å². The van der Waals surface area contributed by atoms with E-state index in [1.807, 2.05) is 24.3 Å². The molecule has 0 fully saturated rings. The van der Waals surface area contributed by atoms with E-state index in [1.165, 1.54) is 0 Å².